The predicted molar refractivity (Wildman–Crippen MR) is 66.2 cm³/mol. The van der Waals surface area contributed by atoms with Crippen molar-refractivity contribution < 1.29 is 22.4 Å². The van der Waals surface area contributed by atoms with Crippen molar-refractivity contribution in [1.82, 2.24) is 5.32 Å². The normalized spacial score (nSPS) is 12.9. The maximum absolute atomic E-state index is 13.2. The van der Waals surface area contributed by atoms with E-state index in [4.69, 9.17) is 0 Å². The molecule has 1 aromatic carbocycles. The molecule has 0 aromatic heterocycles. The van der Waals surface area contributed by atoms with Crippen molar-refractivity contribution in [3.05, 3.63) is 28.5 Å². The highest BCUT2D eigenvalue weighted by Crippen LogP contribution is 2.20. The third-order valence-corrected chi connectivity index (χ3v) is 2.80. The second-order valence-electron chi connectivity index (χ2n) is 3.83. The molecule has 3 nitrogen and oxygen atoms in total. The minimum absolute atomic E-state index is 0.257. The predicted octanol–water partition coefficient (Wildman–Crippen LogP) is 3.07. The zero-order chi connectivity index (χ0) is 14.6. The number of carbonyl (C=O) groups is 1. The van der Waals surface area contributed by atoms with Gasteiger partial charge in [-0.2, -0.15) is 13.2 Å². The first-order valence-corrected chi connectivity index (χ1v) is 6.04. The van der Waals surface area contributed by atoms with E-state index in [0.29, 0.717) is 5.69 Å². The Balaban J connectivity index is 2.56. The fraction of sp³-hybridized carbons (Fsp3) is 0.364. The number of amides is 1. The van der Waals surface area contributed by atoms with Gasteiger partial charge in [0.05, 0.1) is 4.47 Å². The Morgan fingerprint density at radius 2 is 2.05 bits per heavy atom. The van der Waals surface area contributed by atoms with Gasteiger partial charge in [-0.25, -0.2) is 4.39 Å². The highest BCUT2D eigenvalue weighted by molar-refractivity contribution is 9.10. The van der Waals surface area contributed by atoms with Crippen molar-refractivity contribution in [2.45, 2.75) is 19.1 Å². The summed E-state index contributed by atoms with van der Waals surface area (Å²) >= 11 is 2.96. The fourth-order valence-electron chi connectivity index (χ4n) is 1.24. The van der Waals surface area contributed by atoms with Crippen LogP contribution in [0.1, 0.15) is 6.92 Å². The monoisotopic (exact) mass is 342 g/mol. The molecule has 2 N–H and O–H groups in total. The number of carbonyl (C=O) groups excluding carboxylic acids is 1. The van der Waals surface area contributed by atoms with Crippen LogP contribution in [0.15, 0.2) is 22.7 Å². The number of rotatable bonds is 4. The van der Waals surface area contributed by atoms with Crippen LogP contribution in [0.3, 0.4) is 0 Å². The van der Waals surface area contributed by atoms with E-state index in [1.807, 2.05) is 0 Å². The largest absolute Gasteiger partial charge is 0.405 e. The number of nitrogens with one attached hydrogen (secondary N) is 2. The summed E-state index contributed by atoms with van der Waals surface area (Å²) in [6.07, 6.45) is -4.46. The summed E-state index contributed by atoms with van der Waals surface area (Å²) in [6.45, 7) is -0.0157. The maximum atomic E-state index is 13.2. The lowest BCUT2D eigenvalue weighted by molar-refractivity contribution is -0.138. The van der Waals surface area contributed by atoms with Crippen LogP contribution in [0.2, 0.25) is 0 Å². The van der Waals surface area contributed by atoms with Gasteiger partial charge in [-0.3, -0.25) is 4.79 Å². The molecule has 0 saturated heterocycles. The highest BCUT2D eigenvalue weighted by Gasteiger charge is 2.28. The second-order valence-corrected chi connectivity index (χ2v) is 4.68. The van der Waals surface area contributed by atoms with Crippen molar-refractivity contribution in [1.29, 1.82) is 0 Å². The Bertz CT molecular complexity index is 464. The number of alkyl halides is 3. The molecule has 0 heterocycles. The van der Waals surface area contributed by atoms with Crippen LogP contribution in [0.4, 0.5) is 23.2 Å². The van der Waals surface area contributed by atoms with Gasteiger partial charge >= 0.3 is 6.18 Å². The third kappa shape index (κ3) is 5.46. The van der Waals surface area contributed by atoms with E-state index in [0.717, 1.165) is 6.07 Å². The first-order valence-electron chi connectivity index (χ1n) is 5.25. The molecule has 1 amide bonds. The standard InChI is InChI=1S/C11H11BrF4N2O/c1-6(10(19)17-5-11(14,15)16)18-7-2-3-8(12)9(13)4-7/h2-4,6,18H,5H2,1H3,(H,17,19). The van der Waals surface area contributed by atoms with E-state index in [9.17, 15) is 22.4 Å². The summed E-state index contributed by atoms with van der Waals surface area (Å²) < 4.78 is 49.2. The van der Waals surface area contributed by atoms with Crippen LogP contribution < -0.4 is 10.6 Å². The van der Waals surface area contributed by atoms with Gasteiger partial charge in [0.2, 0.25) is 5.91 Å². The molecule has 8 heteroatoms. The van der Waals surface area contributed by atoms with Crippen molar-refractivity contribution >= 4 is 27.5 Å². The Kier molecular flexibility index (Phi) is 5.16. The Morgan fingerprint density at radius 1 is 1.42 bits per heavy atom. The Hall–Kier alpha value is -1.31. The van der Waals surface area contributed by atoms with Gasteiger partial charge in [0.25, 0.3) is 0 Å². The summed E-state index contributed by atoms with van der Waals surface area (Å²) in [5, 5.41) is 4.34. The van der Waals surface area contributed by atoms with Gasteiger partial charge in [0, 0.05) is 5.69 Å². The van der Waals surface area contributed by atoms with Crippen molar-refractivity contribution in [2.75, 3.05) is 11.9 Å². The molecule has 1 atom stereocenters. The average molecular weight is 343 g/mol. The van der Waals surface area contributed by atoms with Gasteiger partial charge in [-0.1, -0.05) is 0 Å². The lowest BCUT2D eigenvalue weighted by atomic mass is 10.2. The topological polar surface area (TPSA) is 41.1 Å². The van der Waals surface area contributed by atoms with E-state index >= 15 is 0 Å². The van der Waals surface area contributed by atoms with E-state index in [1.54, 1.807) is 5.32 Å². The van der Waals surface area contributed by atoms with Gasteiger partial charge in [-0.05, 0) is 41.1 Å². The average Bonchev–Trinajstić information content (AvgIpc) is 2.29. The quantitative estimate of drug-likeness (QED) is 0.825. The molecule has 19 heavy (non-hydrogen) atoms. The van der Waals surface area contributed by atoms with E-state index in [-0.39, 0.29) is 4.47 Å². The van der Waals surface area contributed by atoms with E-state index in [2.05, 4.69) is 21.2 Å². The zero-order valence-corrected chi connectivity index (χ0v) is 11.4. The number of benzene rings is 1. The third-order valence-electron chi connectivity index (χ3n) is 2.16. The molecule has 0 aliphatic carbocycles. The molecule has 1 unspecified atom stereocenters. The van der Waals surface area contributed by atoms with Crippen molar-refractivity contribution in [2.24, 2.45) is 0 Å². The minimum atomic E-state index is -4.46. The molecular formula is C11H11BrF4N2O. The number of anilines is 1. The van der Waals surface area contributed by atoms with Gasteiger partial charge < -0.3 is 10.6 Å². The van der Waals surface area contributed by atoms with Crippen LogP contribution in [0, 0.1) is 5.82 Å². The van der Waals surface area contributed by atoms with Crippen LogP contribution >= 0.6 is 15.9 Å². The first-order chi connectivity index (χ1) is 8.69. The molecule has 0 fully saturated rings. The second kappa shape index (κ2) is 6.23. The molecule has 0 bridgehead atoms. The SMILES string of the molecule is CC(Nc1ccc(Br)c(F)c1)C(=O)NCC(F)(F)F. The number of halogens is 5. The van der Waals surface area contributed by atoms with E-state index in [1.165, 1.54) is 19.1 Å². The zero-order valence-electron chi connectivity index (χ0n) is 9.81. The maximum Gasteiger partial charge on any atom is 0.405 e. The smallest absolute Gasteiger partial charge is 0.374 e. The molecular weight excluding hydrogens is 332 g/mol. The lowest BCUT2D eigenvalue weighted by Gasteiger charge is -2.16. The van der Waals surface area contributed by atoms with Gasteiger partial charge in [-0.15, -0.1) is 0 Å². The van der Waals surface area contributed by atoms with Crippen molar-refractivity contribution in [3.8, 4) is 0 Å². The number of hydrogen-bond acceptors (Lipinski definition) is 2. The van der Waals surface area contributed by atoms with Crippen LogP contribution in [0.25, 0.3) is 0 Å². The summed E-state index contributed by atoms with van der Waals surface area (Å²) in [4.78, 5) is 11.4. The molecule has 106 valence electrons. The number of hydrogen-bond donors (Lipinski definition) is 2. The minimum Gasteiger partial charge on any atom is -0.374 e. The van der Waals surface area contributed by atoms with E-state index < -0.39 is 30.5 Å². The van der Waals surface area contributed by atoms with Crippen molar-refractivity contribution in [3.63, 3.8) is 0 Å². The summed E-state index contributed by atoms with van der Waals surface area (Å²) in [7, 11) is 0. The lowest BCUT2D eigenvalue weighted by Crippen LogP contribution is -2.42. The molecule has 0 radical (unpaired) electrons. The first kappa shape index (κ1) is 15.7. The fourth-order valence-corrected chi connectivity index (χ4v) is 1.49. The highest BCUT2D eigenvalue weighted by atomic mass is 79.9. The van der Waals surface area contributed by atoms with Gasteiger partial charge in [0.1, 0.15) is 18.4 Å². The van der Waals surface area contributed by atoms with Gasteiger partial charge in [0.15, 0.2) is 0 Å². The van der Waals surface area contributed by atoms with Crippen LogP contribution in [0.5, 0.6) is 0 Å². The summed E-state index contributed by atoms with van der Waals surface area (Å²) in [6, 6.07) is 3.15. The Labute approximate surface area is 115 Å². The van der Waals surface area contributed by atoms with Crippen LogP contribution in [-0.2, 0) is 4.79 Å². The van der Waals surface area contributed by atoms with Crippen LogP contribution in [-0.4, -0.2) is 24.7 Å². The molecule has 1 aromatic rings. The molecule has 0 saturated carbocycles. The molecule has 0 spiro atoms. The summed E-state index contributed by atoms with van der Waals surface area (Å²) in [5.74, 6) is -1.35. The molecule has 0 aliphatic rings. The molecule has 1 rings (SSSR count). The Morgan fingerprint density at radius 3 is 2.58 bits per heavy atom. The summed E-state index contributed by atoms with van der Waals surface area (Å²) in [5.41, 5.74) is 0.301. The molecule has 0 aliphatic heterocycles.